The molecule has 2 heterocycles. The van der Waals surface area contributed by atoms with Crippen LogP contribution in [0.5, 0.6) is 0 Å². The summed E-state index contributed by atoms with van der Waals surface area (Å²) in [7, 11) is 4.03. The van der Waals surface area contributed by atoms with Crippen LogP contribution in [0.1, 0.15) is 16.7 Å². The normalized spacial score (nSPS) is 12.4. The zero-order chi connectivity index (χ0) is 17.7. The van der Waals surface area contributed by atoms with Crippen molar-refractivity contribution in [3.63, 3.8) is 0 Å². The summed E-state index contributed by atoms with van der Waals surface area (Å²) < 4.78 is 2.53. The van der Waals surface area contributed by atoms with Gasteiger partial charge in [0.2, 0.25) is 0 Å². The number of aryl methyl sites for hydroxylation is 2. The van der Waals surface area contributed by atoms with E-state index in [0.717, 1.165) is 42.9 Å². The van der Waals surface area contributed by atoms with Crippen LogP contribution in [0.3, 0.4) is 0 Å². The highest BCUT2D eigenvalue weighted by molar-refractivity contribution is 7.14. The number of imidazole rings is 1. The van der Waals surface area contributed by atoms with Crippen molar-refractivity contribution in [3.05, 3.63) is 68.0 Å². The van der Waals surface area contributed by atoms with E-state index in [4.69, 9.17) is 0 Å². The van der Waals surface area contributed by atoms with Crippen molar-refractivity contribution < 1.29 is 4.98 Å². The minimum atomic E-state index is 0.0351. The lowest BCUT2D eigenvalue weighted by molar-refractivity contribution is -0.308. The van der Waals surface area contributed by atoms with Crippen molar-refractivity contribution in [3.8, 4) is 0 Å². The van der Waals surface area contributed by atoms with Crippen LogP contribution in [-0.4, -0.2) is 18.5 Å². The van der Waals surface area contributed by atoms with Crippen LogP contribution < -0.4 is 20.0 Å². The number of hydrogen-bond donors (Lipinski definition) is 0. The Hall–Kier alpha value is -2.66. The minimum absolute atomic E-state index is 0.0351. The Morgan fingerprint density at radius 2 is 1.84 bits per heavy atom. The van der Waals surface area contributed by atoms with E-state index in [1.165, 1.54) is 11.3 Å². The molecule has 0 radical (unpaired) electrons. The summed E-state index contributed by atoms with van der Waals surface area (Å²) in [6, 6.07) is 12.4. The molecule has 1 N–H and O–H groups in total. The number of rotatable bonds is 2. The third-order valence-electron chi connectivity index (χ3n) is 4.46. The summed E-state index contributed by atoms with van der Waals surface area (Å²) in [6.45, 7) is 4.13. The van der Waals surface area contributed by atoms with Crippen LogP contribution in [0.25, 0.3) is 22.1 Å². The standard InChI is InChI=1S/C20H19N3OS/c1-12-9-13(2)18-16(10-12)23-19(24)17(25-20(23)21-18)11-14-5-7-15(8-6-14)22(3)4/h5-11H,1-4H3/p+1. The molecule has 0 aliphatic carbocycles. The smallest absolute Gasteiger partial charge is 0.357 e. The summed E-state index contributed by atoms with van der Waals surface area (Å²) in [5, 5.41) is 0. The maximum absolute atomic E-state index is 12.9. The fraction of sp³-hybridized carbons (Fsp3) is 0.200. The van der Waals surface area contributed by atoms with Crippen molar-refractivity contribution >= 4 is 39.1 Å². The number of nitrogens with zero attached hydrogens (tertiary/aromatic N) is 2. The average molecular weight is 350 g/mol. The van der Waals surface area contributed by atoms with Gasteiger partial charge in [-0.05, 0) is 60.6 Å². The lowest BCUT2D eigenvalue weighted by Gasteiger charge is -2.11. The van der Waals surface area contributed by atoms with Gasteiger partial charge in [-0.25, -0.2) is 9.78 Å². The molecule has 0 bridgehead atoms. The van der Waals surface area contributed by atoms with Gasteiger partial charge in [-0.15, -0.1) is 4.40 Å². The number of fused-ring (bicyclic) bond motifs is 3. The number of benzene rings is 2. The highest BCUT2D eigenvalue weighted by Gasteiger charge is 2.20. The molecule has 126 valence electrons. The van der Waals surface area contributed by atoms with Crippen molar-refractivity contribution in [2.45, 2.75) is 13.8 Å². The summed E-state index contributed by atoms with van der Waals surface area (Å²) in [5.41, 5.74) is 6.52. The Kier molecular flexibility index (Phi) is 3.62. The second-order valence-electron chi connectivity index (χ2n) is 6.64. The van der Waals surface area contributed by atoms with E-state index >= 15 is 0 Å². The molecule has 0 atom stereocenters. The molecule has 2 aromatic heterocycles. The summed E-state index contributed by atoms with van der Waals surface area (Å²) in [6.07, 6.45) is 1.96. The van der Waals surface area contributed by atoms with Crippen molar-refractivity contribution in [1.82, 2.24) is 4.40 Å². The number of aromatic amines is 1. The molecule has 5 heteroatoms. The van der Waals surface area contributed by atoms with Crippen molar-refractivity contribution in [2.24, 2.45) is 0 Å². The maximum atomic E-state index is 12.9. The predicted octanol–water partition coefficient (Wildman–Crippen LogP) is 2.56. The Bertz CT molecular complexity index is 1200. The summed E-state index contributed by atoms with van der Waals surface area (Å²) in [4.78, 5) is 19.3. The van der Waals surface area contributed by atoms with Gasteiger partial charge in [0.25, 0.3) is 0 Å². The molecule has 0 saturated carbocycles. The van der Waals surface area contributed by atoms with Crippen LogP contribution >= 0.6 is 11.3 Å². The molecular formula is C20H20N3OS+. The topological polar surface area (TPSA) is 38.9 Å². The number of thiazole rings is 1. The highest BCUT2D eigenvalue weighted by Crippen LogP contribution is 2.18. The van der Waals surface area contributed by atoms with Gasteiger partial charge in [0.15, 0.2) is 11.0 Å². The van der Waals surface area contributed by atoms with Gasteiger partial charge in [0, 0.05) is 25.3 Å². The quantitative estimate of drug-likeness (QED) is 0.557. The van der Waals surface area contributed by atoms with E-state index in [0.29, 0.717) is 0 Å². The molecule has 0 fully saturated rings. The largest absolute Gasteiger partial charge is 0.378 e. The monoisotopic (exact) mass is 350 g/mol. The van der Waals surface area contributed by atoms with Crippen molar-refractivity contribution in [1.29, 1.82) is 0 Å². The molecule has 25 heavy (non-hydrogen) atoms. The number of nitrogens with one attached hydrogen (secondary N) is 1. The fourth-order valence-corrected chi connectivity index (χ4v) is 4.21. The van der Waals surface area contributed by atoms with E-state index < -0.39 is 0 Å². The van der Waals surface area contributed by atoms with E-state index in [9.17, 15) is 4.79 Å². The third-order valence-corrected chi connectivity index (χ3v) is 5.45. The number of hydrogen-bond acceptors (Lipinski definition) is 3. The van der Waals surface area contributed by atoms with Gasteiger partial charge in [0.05, 0.1) is 0 Å². The van der Waals surface area contributed by atoms with Gasteiger partial charge in [0.1, 0.15) is 4.53 Å². The molecule has 4 aromatic rings. The molecule has 4 rings (SSSR count). The Balaban J connectivity index is 1.91. The molecule has 0 aliphatic heterocycles. The highest BCUT2D eigenvalue weighted by atomic mass is 32.1. The van der Waals surface area contributed by atoms with E-state index in [1.54, 1.807) is 4.40 Å². The molecule has 0 unspecified atom stereocenters. The molecular weight excluding hydrogens is 330 g/mol. The van der Waals surface area contributed by atoms with Crippen molar-refractivity contribution in [2.75, 3.05) is 19.0 Å². The zero-order valence-corrected chi connectivity index (χ0v) is 15.6. The van der Waals surface area contributed by atoms with Crippen LogP contribution in [0.4, 0.5) is 5.69 Å². The first-order valence-electron chi connectivity index (χ1n) is 8.20. The Labute approximate surface area is 149 Å². The minimum Gasteiger partial charge on any atom is -0.378 e. The first-order chi connectivity index (χ1) is 11.9. The van der Waals surface area contributed by atoms with Gasteiger partial charge in [-0.1, -0.05) is 18.2 Å². The molecule has 0 aliphatic rings. The fourth-order valence-electron chi connectivity index (χ4n) is 3.20. The Morgan fingerprint density at radius 3 is 2.52 bits per heavy atom. The Morgan fingerprint density at radius 1 is 1.12 bits per heavy atom. The van der Waals surface area contributed by atoms with E-state index in [-0.39, 0.29) is 5.56 Å². The first-order valence-corrected chi connectivity index (χ1v) is 9.02. The lowest BCUT2D eigenvalue weighted by atomic mass is 10.1. The predicted molar refractivity (Wildman–Crippen MR) is 105 cm³/mol. The van der Waals surface area contributed by atoms with E-state index in [1.807, 2.05) is 32.3 Å². The molecule has 4 nitrogen and oxygen atoms in total. The molecule has 0 amide bonds. The van der Waals surface area contributed by atoms with E-state index in [2.05, 4.69) is 48.0 Å². The number of aromatic nitrogens is 2. The SMILES string of the molecule is Cc1cc(C)c2[nH+]c3sc(=Cc4ccc(N(C)C)cc4)c(=O)n3c2c1. The first kappa shape index (κ1) is 15.8. The van der Waals surface area contributed by atoms with Gasteiger partial charge < -0.3 is 4.90 Å². The van der Waals surface area contributed by atoms with Gasteiger partial charge in [-0.2, -0.15) is 0 Å². The summed E-state index contributed by atoms with van der Waals surface area (Å²) >= 11 is 1.50. The van der Waals surface area contributed by atoms with Gasteiger partial charge >= 0.3 is 10.5 Å². The second-order valence-corrected chi connectivity index (χ2v) is 7.67. The van der Waals surface area contributed by atoms with Gasteiger partial charge in [-0.3, -0.25) is 0 Å². The molecule has 0 spiro atoms. The average Bonchev–Trinajstić information content (AvgIpc) is 3.06. The third kappa shape index (κ3) is 2.61. The number of H-pyrrole nitrogens is 1. The molecule has 0 saturated heterocycles. The number of anilines is 1. The lowest BCUT2D eigenvalue weighted by Crippen LogP contribution is -2.22. The van der Waals surface area contributed by atoms with Crippen LogP contribution in [-0.2, 0) is 0 Å². The second kappa shape index (κ2) is 5.70. The summed E-state index contributed by atoms with van der Waals surface area (Å²) in [5.74, 6) is 0. The zero-order valence-electron chi connectivity index (χ0n) is 14.8. The molecule has 2 aromatic carbocycles. The maximum Gasteiger partial charge on any atom is 0.357 e. The van der Waals surface area contributed by atoms with Crippen LogP contribution in [0, 0.1) is 13.8 Å². The van der Waals surface area contributed by atoms with Crippen LogP contribution in [0.2, 0.25) is 0 Å². The van der Waals surface area contributed by atoms with Crippen LogP contribution in [0.15, 0.2) is 41.2 Å².